The number of aliphatic hydroxyl groups is 1. The third-order valence-corrected chi connectivity index (χ3v) is 3.20. The Kier molecular flexibility index (Phi) is 4.54. The summed E-state index contributed by atoms with van der Waals surface area (Å²) in [6.07, 6.45) is 2.22. The zero-order valence-corrected chi connectivity index (χ0v) is 9.65. The quantitative estimate of drug-likeness (QED) is 0.709. The summed E-state index contributed by atoms with van der Waals surface area (Å²) in [5.74, 6) is 0.546. The number of hydrogen-bond donors (Lipinski definition) is 2. The van der Waals surface area contributed by atoms with Crippen LogP contribution >= 0.6 is 0 Å². The summed E-state index contributed by atoms with van der Waals surface area (Å²) in [4.78, 5) is 13.6. The molecule has 4 heteroatoms. The van der Waals surface area contributed by atoms with Crippen molar-refractivity contribution in [2.75, 3.05) is 13.2 Å². The second-order valence-corrected chi connectivity index (χ2v) is 4.62. The Morgan fingerprint density at radius 3 is 2.87 bits per heavy atom. The summed E-state index contributed by atoms with van der Waals surface area (Å²) in [6.45, 7) is 4.85. The summed E-state index contributed by atoms with van der Waals surface area (Å²) in [7, 11) is 0. The molecule has 1 heterocycles. The normalized spacial score (nSPS) is 28.1. The number of carbonyl (C=O) groups excluding carboxylic acids is 1. The first-order valence-electron chi connectivity index (χ1n) is 5.72. The summed E-state index contributed by atoms with van der Waals surface area (Å²) >= 11 is 0. The zero-order chi connectivity index (χ0) is 11.4. The molecule has 4 nitrogen and oxygen atoms in total. The minimum Gasteiger partial charge on any atom is -0.394 e. The van der Waals surface area contributed by atoms with Crippen molar-refractivity contribution in [3.05, 3.63) is 0 Å². The van der Waals surface area contributed by atoms with Crippen LogP contribution in [0.4, 0.5) is 0 Å². The van der Waals surface area contributed by atoms with Gasteiger partial charge in [0.2, 0.25) is 5.91 Å². The summed E-state index contributed by atoms with van der Waals surface area (Å²) < 4.78 is 0. The van der Waals surface area contributed by atoms with Crippen LogP contribution < -0.4 is 5.73 Å². The zero-order valence-electron chi connectivity index (χ0n) is 9.65. The second kappa shape index (κ2) is 5.47. The highest BCUT2D eigenvalue weighted by Gasteiger charge is 2.33. The van der Waals surface area contributed by atoms with Gasteiger partial charge in [-0.15, -0.1) is 0 Å². The van der Waals surface area contributed by atoms with Crippen LogP contribution in [0.3, 0.4) is 0 Å². The lowest BCUT2D eigenvalue weighted by Gasteiger charge is -2.25. The first-order valence-corrected chi connectivity index (χ1v) is 5.72. The van der Waals surface area contributed by atoms with Crippen LogP contribution in [0, 0.1) is 5.92 Å². The van der Waals surface area contributed by atoms with Crippen molar-refractivity contribution in [2.24, 2.45) is 11.7 Å². The molecule has 88 valence electrons. The molecule has 0 bridgehead atoms. The van der Waals surface area contributed by atoms with Crippen molar-refractivity contribution in [1.82, 2.24) is 4.90 Å². The lowest BCUT2D eigenvalue weighted by Crippen LogP contribution is -2.40. The molecule has 3 unspecified atom stereocenters. The summed E-state index contributed by atoms with van der Waals surface area (Å²) in [6, 6.07) is 0.0899. The number of hydrogen-bond acceptors (Lipinski definition) is 3. The smallest absolute Gasteiger partial charge is 0.222 e. The van der Waals surface area contributed by atoms with Gasteiger partial charge in [-0.3, -0.25) is 4.79 Å². The van der Waals surface area contributed by atoms with Crippen molar-refractivity contribution < 1.29 is 9.90 Å². The van der Waals surface area contributed by atoms with E-state index in [9.17, 15) is 9.90 Å². The monoisotopic (exact) mass is 214 g/mol. The van der Waals surface area contributed by atoms with E-state index in [4.69, 9.17) is 5.73 Å². The molecule has 1 rings (SSSR count). The Morgan fingerprint density at radius 1 is 1.67 bits per heavy atom. The molecule has 1 aliphatic heterocycles. The molecule has 0 aromatic heterocycles. The van der Waals surface area contributed by atoms with Crippen LogP contribution in [-0.4, -0.2) is 41.1 Å². The molecule has 0 saturated carbocycles. The van der Waals surface area contributed by atoms with Gasteiger partial charge in [-0.2, -0.15) is 0 Å². The van der Waals surface area contributed by atoms with Crippen molar-refractivity contribution in [1.29, 1.82) is 0 Å². The van der Waals surface area contributed by atoms with Crippen molar-refractivity contribution in [3.63, 3.8) is 0 Å². The molecule has 0 radical (unpaired) electrons. The van der Waals surface area contributed by atoms with Crippen LogP contribution in [0.1, 0.15) is 33.1 Å². The van der Waals surface area contributed by atoms with Gasteiger partial charge in [0.05, 0.1) is 12.6 Å². The molecule has 3 atom stereocenters. The van der Waals surface area contributed by atoms with E-state index in [1.807, 2.05) is 11.8 Å². The van der Waals surface area contributed by atoms with E-state index >= 15 is 0 Å². The molecule has 15 heavy (non-hydrogen) atoms. The SMILES string of the molecule is CC(N)CCC(=O)N1CCC(C)C1CO. The van der Waals surface area contributed by atoms with Gasteiger partial charge in [-0.25, -0.2) is 0 Å². The van der Waals surface area contributed by atoms with Crippen molar-refractivity contribution >= 4 is 5.91 Å². The van der Waals surface area contributed by atoms with Crippen LogP contribution in [0.15, 0.2) is 0 Å². The van der Waals surface area contributed by atoms with Gasteiger partial charge in [0.25, 0.3) is 0 Å². The Balaban J connectivity index is 2.45. The molecule has 1 fully saturated rings. The molecule has 1 saturated heterocycles. The maximum Gasteiger partial charge on any atom is 0.222 e. The van der Waals surface area contributed by atoms with Crippen LogP contribution in [0.5, 0.6) is 0 Å². The third-order valence-electron chi connectivity index (χ3n) is 3.20. The van der Waals surface area contributed by atoms with E-state index in [1.165, 1.54) is 0 Å². The second-order valence-electron chi connectivity index (χ2n) is 4.62. The van der Waals surface area contributed by atoms with Crippen LogP contribution in [-0.2, 0) is 4.79 Å². The number of rotatable bonds is 4. The van der Waals surface area contributed by atoms with Crippen molar-refractivity contribution in [2.45, 2.75) is 45.2 Å². The Morgan fingerprint density at radius 2 is 2.33 bits per heavy atom. The van der Waals surface area contributed by atoms with Gasteiger partial charge in [0.1, 0.15) is 0 Å². The van der Waals surface area contributed by atoms with Gasteiger partial charge in [-0.05, 0) is 25.7 Å². The predicted molar refractivity (Wildman–Crippen MR) is 59.3 cm³/mol. The molecule has 0 aliphatic carbocycles. The highest BCUT2D eigenvalue weighted by atomic mass is 16.3. The molecule has 1 aliphatic rings. The Hall–Kier alpha value is -0.610. The van der Waals surface area contributed by atoms with Crippen LogP contribution in [0.2, 0.25) is 0 Å². The van der Waals surface area contributed by atoms with Gasteiger partial charge in [-0.1, -0.05) is 6.92 Å². The summed E-state index contributed by atoms with van der Waals surface area (Å²) in [5.41, 5.74) is 5.61. The van der Waals surface area contributed by atoms with Gasteiger partial charge in [0, 0.05) is 19.0 Å². The van der Waals surface area contributed by atoms with E-state index < -0.39 is 0 Å². The minimum absolute atomic E-state index is 0.0191. The molecular weight excluding hydrogens is 192 g/mol. The lowest BCUT2D eigenvalue weighted by molar-refractivity contribution is -0.133. The third kappa shape index (κ3) is 3.18. The first-order chi connectivity index (χ1) is 7.06. The standard InChI is InChI=1S/C11H22N2O2/c1-8-5-6-13(10(8)7-14)11(15)4-3-9(2)12/h8-10,14H,3-7,12H2,1-2H3. The molecule has 0 aromatic rings. The first kappa shape index (κ1) is 12.5. The van der Waals surface area contributed by atoms with Crippen LogP contribution in [0.25, 0.3) is 0 Å². The number of aliphatic hydroxyl groups excluding tert-OH is 1. The van der Waals surface area contributed by atoms with E-state index in [2.05, 4.69) is 6.92 Å². The fraction of sp³-hybridized carbons (Fsp3) is 0.909. The summed E-state index contributed by atoms with van der Waals surface area (Å²) in [5, 5.41) is 9.21. The average Bonchev–Trinajstić information content (AvgIpc) is 2.55. The van der Waals surface area contributed by atoms with Gasteiger partial charge in [0.15, 0.2) is 0 Å². The number of likely N-dealkylation sites (tertiary alicyclic amines) is 1. The minimum atomic E-state index is 0.0191. The average molecular weight is 214 g/mol. The maximum absolute atomic E-state index is 11.8. The number of amides is 1. The number of nitrogens with two attached hydrogens (primary N) is 1. The fourth-order valence-corrected chi connectivity index (χ4v) is 2.09. The lowest BCUT2D eigenvalue weighted by atomic mass is 10.0. The van der Waals surface area contributed by atoms with E-state index in [0.717, 1.165) is 19.4 Å². The van der Waals surface area contributed by atoms with E-state index in [-0.39, 0.29) is 24.6 Å². The highest BCUT2D eigenvalue weighted by molar-refractivity contribution is 5.76. The number of nitrogens with zero attached hydrogens (tertiary/aromatic N) is 1. The van der Waals surface area contributed by atoms with Gasteiger partial charge < -0.3 is 15.7 Å². The van der Waals surface area contributed by atoms with E-state index in [0.29, 0.717) is 12.3 Å². The van der Waals surface area contributed by atoms with Gasteiger partial charge >= 0.3 is 0 Å². The maximum atomic E-state index is 11.8. The van der Waals surface area contributed by atoms with E-state index in [1.54, 1.807) is 0 Å². The molecule has 3 N–H and O–H groups in total. The predicted octanol–water partition coefficient (Wildman–Crippen LogP) is 0.343. The largest absolute Gasteiger partial charge is 0.394 e. The topological polar surface area (TPSA) is 66.6 Å². The number of carbonyl (C=O) groups is 1. The molecule has 0 aromatic carbocycles. The molecule has 0 spiro atoms. The highest BCUT2D eigenvalue weighted by Crippen LogP contribution is 2.24. The Labute approximate surface area is 91.4 Å². The molecule has 1 amide bonds. The Bertz CT molecular complexity index is 219. The fourth-order valence-electron chi connectivity index (χ4n) is 2.09. The van der Waals surface area contributed by atoms with Crippen molar-refractivity contribution in [3.8, 4) is 0 Å². The molecular formula is C11H22N2O2.